The fourth-order valence-electron chi connectivity index (χ4n) is 3.08. The van der Waals surface area contributed by atoms with Crippen LogP contribution in [0.4, 0.5) is 5.69 Å². The third-order valence-electron chi connectivity index (χ3n) is 4.62. The Hall–Kier alpha value is -2.15. The van der Waals surface area contributed by atoms with Crippen LogP contribution in [0.3, 0.4) is 0 Å². The fourth-order valence-corrected chi connectivity index (χ4v) is 3.69. The van der Waals surface area contributed by atoms with E-state index < -0.39 is 0 Å². The molecule has 1 saturated heterocycles. The van der Waals surface area contributed by atoms with Gasteiger partial charge in [0.1, 0.15) is 4.47 Å². The summed E-state index contributed by atoms with van der Waals surface area (Å²) in [5.74, 6) is -0.0204. The van der Waals surface area contributed by atoms with Crippen molar-refractivity contribution in [3.05, 3.63) is 56.4 Å². The van der Waals surface area contributed by atoms with Crippen molar-refractivity contribution in [2.24, 2.45) is 7.05 Å². The van der Waals surface area contributed by atoms with Gasteiger partial charge in [-0.2, -0.15) is 5.10 Å². The highest BCUT2D eigenvalue weighted by Gasteiger charge is 2.24. The van der Waals surface area contributed by atoms with E-state index in [1.807, 2.05) is 31.2 Å². The second-order valence-corrected chi connectivity index (χ2v) is 7.12. The second kappa shape index (κ2) is 7.39. The van der Waals surface area contributed by atoms with Crippen molar-refractivity contribution in [2.45, 2.75) is 25.8 Å². The molecule has 0 bridgehead atoms. The summed E-state index contributed by atoms with van der Waals surface area (Å²) >= 11 is 3.38. The minimum atomic E-state index is -0.146. The van der Waals surface area contributed by atoms with Gasteiger partial charge in [0.2, 0.25) is 0 Å². The van der Waals surface area contributed by atoms with Gasteiger partial charge in [-0.25, -0.2) is 4.68 Å². The van der Waals surface area contributed by atoms with Crippen LogP contribution in [0, 0.1) is 6.92 Å². The molecule has 7 heteroatoms. The molecule has 1 aliphatic heterocycles. The molecule has 0 radical (unpaired) electrons. The molecule has 1 aromatic heterocycles. The Morgan fingerprint density at radius 2 is 1.96 bits per heavy atom. The third kappa shape index (κ3) is 3.76. The summed E-state index contributed by atoms with van der Waals surface area (Å²) in [6.07, 6.45) is 3.37. The topological polar surface area (TPSA) is 67.2 Å². The minimum Gasteiger partial charge on any atom is -0.369 e. The van der Waals surface area contributed by atoms with Gasteiger partial charge in [0.25, 0.3) is 11.5 Å². The van der Waals surface area contributed by atoms with Gasteiger partial charge < -0.3 is 10.2 Å². The smallest absolute Gasteiger partial charge is 0.282 e. The lowest BCUT2D eigenvalue weighted by atomic mass is 10.0. The zero-order chi connectivity index (χ0) is 18.0. The van der Waals surface area contributed by atoms with E-state index in [1.165, 1.54) is 4.68 Å². The van der Waals surface area contributed by atoms with E-state index in [1.54, 1.807) is 13.2 Å². The molecule has 1 aliphatic rings. The first-order chi connectivity index (χ1) is 12.0. The summed E-state index contributed by atoms with van der Waals surface area (Å²) in [7, 11) is 1.63. The van der Waals surface area contributed by atoms with E-state index in [0.29, 0.717) is 4.47 Å². The highest BCUT2D eigenvalue weighted by atomic mass is 79.9. The molecule has 6 nitrogen and oxygen atoms in total. The largest absolute Gasteiger partial charge is 0.369 e. The van der Waals surface area contributed by atoms with Crippen molar-refractivity contribution in [3.63, 3.8) is 0 Å². The van der Waals surface area contributed by atoms with Crippen LogP contribution in [0.2, 0.25) is 0 Å². The number of benzene rings is 1. The quantitative estimate of drug-likeness (QED) is 0.851. The Balaban J connectivity index is 1.63. The molecule has 25 heavy (non-hydrogen) atoms. The minimum absolute atomic E-state index is 0.0204. The molecule has 2 aromatic rings. The van der Waals surface area contributed by atoms with Crippen LogP contribution in [0.1, 0.15) is 28.8 Å². The van der Waals surface area contributed by atoms with Crippen molar-refractivity contribution >= 4 is 27.5 Å². The van der Waals surface area contributed by atoms with Gasteiger partial charge in [-0.3, -0.25) is 9.59 Å². The highest BCUT2D eigenvalue weighted by Crippen LogP contribution is 2.25. The van der Waals surface area contributed by atoms with Gasteiger partial charge in [0.05, 0.1) is 11.9 Å². The Bertz CT molecular complexity index is 841. The fraction of sp³-hybridized carbons (Fsp3) is 0.389. The van der Waals surface area contributed by atoms with Gasteiger partial charge in [-0.15, -0.1) is 0 Å². The maximum atomic E-state index is 12.4. The summed E-state index contributed by atoms with van der Waals surface area (Å²) in [5, 5.41) is 7.22. The molecule has 2 heterocycles. The van der Waals surface area contributed by atoms with Gasteiger partial charge in [-0.05, 0) is 47.3 Å². The molecule has 1 N–H and O–H groups in total. The average Bonchev–Trinajstić information content (AvgIpc) is 2.61. The number of carbonyl (C=O) groups is 1. The van der Waals surface area contributed by atoms with E-state index in [-0.39, 0.29) is 17.5 Å². The molecule has 0 atom stereocenters. The van der Waals surface area contributed by atoms with Crippen LogP contribution in [-0.2, 0) is 7.05 Å². The molecule has 3 rings (SSSR count). The maximum absolute atomic E-state index is 12.4. The number of aryl methyl sites for hydroxylation is 2. The Morgan fingerprint density at radius 1 is 1.28 bits per heavy atom. The van der Waals surface area contributed by atoms with Crippen LogP contribution in [0.5, 0.6) is 0 Å². The molecular weight excluding hydrogens is 384 g/mol. The zero-order valence-electron chi connectivity index (χ0n) is 14.3. The first-order valence-corrected chi connectivity index (χ1v) is 9.10. The summed E-state index contributed by atoms with van der Waals surface area (Å²) in [6, 6.07) is 7.74. The lowest BCUT2D eigenvalue weighted by Crippen LogP contribution is -2.45. The van der Waals surface area contributed by atoms with Crippen molar-refractivity contribution in [1.29, 1.82) is 0 Å². The van der Waals surface area contributed by atoms with Crippen LogP contribution >= 0.6 is 15.9 Å². The SMILES string of the molecule is Cc1ccccc1C(=O)NC1CCN(c2cnn(C)c(=O)c2Br)CC1. The summed E-state index contributed by atoms with van der Waals surface area (Å²) in [6.45, 7) is 3.48. The van der Waals surface area contributed by atoms with Crippen LogP contribution in [0.15, 0.2) is 39.7 Å². The number of carbonyl (C=O) groups excluding carboxylic acids is 1. The molecule has 0 unspecified atom stereocenters. The molecule has 1 amide bonds. The van der Waals surface area contributed by atoms with Gasteiger partial charge in [-0.1, -0.05) is 18.2 Å². The molecular formula is C18H21BrN4O2. The maximum Gasteiger partial charge on any atom is 0.282 e. The lowest BCUT2D eigenvalue weighted by molar-refractivity contribution is 0.0930. The standard InChI is InChI=1S/C18H21BrN4O2/c1-12-5-3-4-6-14(12)17(24)21-13-7-9-23(10-8-13)15-11-20-22(2)18(25)16(15)19/h3-6,11,13H,7-10H2,1-2H3,(H,21,24). The van der Waals surface area contributed by atoms with E-state index >= 15 is 0 Å². The van der Waals surface area contributed by atoms with Crippen molar-refractivity contribution in [1.82, 2.24) is 15.1 Å². The number of amides is 1. The third-order valence-corrected chi connectivity index (χ3v) is 5.37. The number of rotatable bonds is 3. The van der Waals surface area contributed by atoms with Crippen molar-refractivity contribution in [2.75, 3.05) is 18.0 Å². The van der Waals surface area contributed by atoms with Gasteiger partial charge in [0, 0.05) is 31.7 Å². The zero-order valence-corrected chi connectivity index (χ0v) is 15.9. The van der Waals surface area contributed by atoms with E-state index in [2.05, 4.69) is 31.2 Å². The summed E-state index contributed by atoms with van der Waals surface area (Å²) in [4.78, 5) is 26.6. The molecule has 0 spiro atoms. The first-order valence-electron chi connectivity index (χ1n) is 8.30. The monoisotopic (exact) mass is 404 g/mol. The number of aromatic nitrogens is 2. The number of nitrogens with zero attached hydrogens (tertiary/aromatic N) is 3. The number of anilines is 1. The highest BCUT2D eigenvalue weighted by molar-refractivity contribution is 9.10. The van der Waals surface area contributed by atoms with E-state index in [0.717, 1.165) is 42.7 Å². The molecule has 0 aliphatic carbocycles. The first kappa shape index (κ1) is 17.7. The van der Waals surface area contributed by atoms with Gasteiger partial charge >= 0.3 is 0 Å². The van der Waals surface area contributed by atoms with Crippen LogP contribution in [-0.4, -0.2) is 34.8 Å². The van der Waals surface area contributed by atoms with Crippen molar-refractivity contribution < 1.29 is 4.79 Å². The van der Waals surface area contributed by atoms with Crippen LogP contribution in [0.25, 0.3) is 0 Å². The molecule has 132 valence electrons. The van der Waals surface area contributed by atoms with Gasteiger partial charge in [0.15, 0.2) is 0 Å². The number of hydrogen-bond donors (Lipinski definition) is 1. The molecule has 1 aromatic carbocycles. The Morgan fingerprint density at radius 3 is 2.64 bits per heavy atom. The summed E-state index contributed by atoms with van der Waals surface area (Å²) in [5.41, 5.74) is 2.37. The lowest BCUT2D eigenvalue weighted by Gasteiger charge is -2.34. The second-order valence-electron chi connectivity index (χ2n) is 6.32. The predicted octanol–water partition coefficient (Wildman–Crippen LogP) is 2.25. The average molecular weight is 405 g/mol. The Labute approximate surface area is 155 Å². The number of piperidine rings is 1. The normalized spacial score (nSPS) is 15.2. The molecule has 0 saturated carbocycles. The number of nitrogens with one attached hydrogen (secondary N) is 1. The summed E-state index contributed by atoms with van der Waals surface area (Å²) < 4.78 is 1.84. The Kier molecular flexibility index (Phi) is 5.22. The van der Waals surface area contributed by atoms with Crippen molar-refractivity contribution in [3.8, 4) is 0 Å². The number of halogens is 1. The number of hydrogen-bond acceptors (Lipinski definition) is 4. The predicted molar refractivity (Wildman–Crippen MR) is 101 cm³/mol. The molecule has 1 fully saturated rings. The van der Waals surface area contributed by atoms with E-state index in [9.17, 15) is 9.59 Å². The van der Waals surface area contributed by atoms with E-state index in [4.69, 9.17) is 0 Å². The van der Waals surface area contributed by atoms with Crippen LogP contribution < -0.4 is 15.8 Å².